The van der Waals surface area contributed by atoms with Crippen LogP contribution in [-0.4, -0.2) is 18.0 Å². The molecule has 0 N–H and O–H groups in total. The summed E-state index contributed by atoms with van der Waals surface area (Å²) in [6.45, 7) is 4.31. The Morgan fingerprint density at radius 1 is 0.636 bits per heavy atom. The lowest BCUT2D eigenvalue weighted by atomic mass is 10.0. The fourth-order valence-electron chi connectivity index (χ4n) is 6.79. The number of anilines is 2. The number of para-hydroxylation sites is 3. The van der Waals surface area contributed by atoms with Crippen molar-refractivity contribution < 1.29 is 4.42 Å². The number of fused-ring (bicyclic) bond motifs is 11. The lowest BCUT2D eigenvalue weighted by Gasteiger charge is -2.24. The molecule has 3 heterocycles. The lowest BCUT2D eigenvalue weighted by molar-refractivity contribution is 0.618. The van der Waals surface area contributed by atoms with E-state index < -0.39 is 0 Å². The molecule has 0 fully saturated rings. The van der Waals surface area contributed by atoms with Gasteiger partial charge in [-0.2, -0.15) is 0 Å². The molecule has 0 saturated heterocycles. The molecule has 0 unspecified atom stereocenters. The van der Waals surface area contributed by atoms with Gasteiger partial charge in [0.05, 0.1) is 33.5 Å². The third-order valence-electron chi connectivity index (χ3n) is 8.72. The van der Waals surface area contributed by atoms with Crippen LogP contribution < -0.4 is 10.3 Å². The van der Waals surface area contributed by atoms with Gasteiger partial charge in [0.1, 0.15) is 23.8 Å². The van der Waals surface area contributed by atoms with Crippen LogP contribution in [0.1, 0.15) is 0 Å². The summed E-state index contributed by atoms with van der Waals surface area (Å²) in [5.74, 6) is 1.80. The highest BCUT2D eigenvalue weighted by Crippen LogP contribution is 2.46. The smallest absolute Gasteiger partial charge is 0.139 e. The van der Waals surface area contributed by atoms with Gasteiger partial charge in [0.15, 0.2) is 0 Å². The molecule has 0 radical (unpaired) electrons. The van der Waals surface area contributed by atoms with Gasteiger partial charge >= 0.3 is 0 Å². The predicted octanol–water partition coefficient (Wildman–Crippen LogP) is 9.64. The van der Waals surface area contributed by atoms with Crippen molar-refractivity contribution in [3.05, 3.63) is 139 Å². The van der Waals surface area contributed by atoms with Gasteiger partial charge in [-0.15, -0.1) is 0 Å². The summed E-state index contributed by atoms with van der Waals surface area (Å²) in [5, 5.41) is 5.35. The second kappa shape index (κ2) is 9.54. The molecular formula is C39H26N4O. The first-order valence-corrected chi connectivity index (χ1v) is 14.7. The van der Waals surface area contributed by atoms with Crippen LogP contribution in [0.5, 0.6) is 0 Å². The number of hydrogen-bond acceptors (Lipinski definition) is 4. The fraction of sp³-hybridized carbons (Fsp3) is 0.0256. The normalized spacial score (nSPS) is 12.8. The first kappa shape index (κ1) is 24.6. The van der Waals surface area contributed by atoms with Crippen LogP contribution in [0.25, 0.3) is 60.8 Å². The van der Waals surface area contributed by atoms with Gasteiger partial charge in [0, 0.05) is 27.3 Å². The molecule has 0 atom stereocenters. The number of benzene rings is 6. The van der Waals surface area contributed by atoms with Crippen LogP contribution in [0.4, 0.5) is 17.2 Å². The molecule has 2 aliphatic heterocycles. The summed E-state index contributed by atoms with van der Waals surface area (Å²) in [5.41, 5.74) is 8.22. The first-order chi connectivity index (χ1) is 21.8. The molecule has 9 rings (SSSR count). The Morgan fingerprint density at radius 2 is 1.34 bits per heavy atom. The molecule has 0 spiro atoms. The van der Waals surface area contributed by atoms with E-state index in [0.29, 0.717) is 6.67 Å². The van der Waals surface area contributed by atoms with E-state index in [1.165, 1.54) is 32.8 Å². The van der Waals surface area contributed by atoms with E-state index in [4.69, 9.17) is 9.41 Å². The van der Waals surface area contributed by atoms with Gasteiger partial charge in [-0.3, -0.25) is 14.6 Å². The Balaban J connectivity index is 1.33. The summed E-state index contributed by atoms with van der Waals surface area (Å²) >= 11 is 0. The lowest BCUT2D eigenvalue weighted by Crippen LogP contribution is -2.22. The van der Waals surface area contributed by atoms with Crippen LogP contribution in [0.2, 0.25) is 0 Å². The van der Waals surface area contributed by atoms with Crippen molar-refractivity contribution in [2.24, 2.45) is 9.98 Å². The van der Waals surface area contributed by atoms with Crippen LogP contribution in [0.15, 0.2) is 148 Å². The molecule has 1 aromatic heterocycles. The van der Waals surface area contributed by atoms with E-state index in [9.17, 15) is 0 Å². The second-order valence-electron chi connectivity index (χ2n) is 11.1. The average molecular weight is 567 g/mol. The summed E-state index contributed by atoms with van der Waals surface area (Å²) < 4.78 is 8.72. The molecule has 3 aliphatic rings. The van der Waals surface area contributed by atoms with E-state index in [-0.39, 0.29) is 0 Å². The maximum absolute atomic E-state index is 6.31. The highest BCUT2D eigenvalue weighted by molar-refractivity contribution is 6.10. The Morgan fingerprint density at radius 3 is 2.20 bits per heavy atom. The molecule has 1 aliphatic carbocycles. The zero-order valence-electron chi connectivity index (χ0n) is 23.8. The average Bonchev–Trinajstić information content (AvgIpc) is 3.42. The van der Waals surface area contributed by atoms with Crippen LogP contribution >= 0.6 is 0 Å². The van der Waals surface area contributed by atoms with E-state index in [2.05, 4.69) is 112 Å². The van der Waals surface area contributed by atoms with Gasteiger partial charge in [-0.05, 0) is 54.6 Å². The molecule has 5 nitrogen and oxygen atoms in total. The van der Waals surface area contributed by atoms with Crippen molar-refractivity contribution in [2.45, 2.75) is 0 Å². The molecule has 5 aromatic carbocycles. The minimum atomic E-state index is 0.391. The highest BCUT2D eigenvalue weighted by atomic mass is 16.3. The minimum Gasteiger partial charge on any atom is -0.456 e. The maximum atomic E-state index is 6.31. The van der Waals surface area contributed by atoms with Gasteiger partial charge in [-0.25, -0.2) is 0 Å². The molecule has 44 heavy (non-hydrogen) atoms. The van der Waals surface area contributed by atoms with Crippen molar-refractivity contribution >= 4 is 56.6 Å². The zero-order valence-corrected chi connectivity index (χ0v) is 23.8. The summed E-state index contributed by atoms with van der Waals surface area (Å²) in [6.07, 6.45) is 0. The molecule has 6 aromatic rings. The summed E-state index contributed by atoms with van der Waals surface area (Å²) in [6, 6.07) is 46.5. The summed E-state index contributed by atoms with van der Waals surface area (Å²) in [7, 11) is 0. The van der Waals surface area contributed by atoms with E-state index in [0.717, 1.165) is 50.5 Å². The number of hydrogen-bond donors (Lipinski definition) is 0. The minimum absolute atomic E-state index is 0.391. The Hall–Kier alpha value is -5.94. The van der Waals surface area contributed by atoms with Gasteiger partial charge < -0.3 is 9.32 Å². The Bertz CT molecular complexity index is 2470. The molecule has 0 bridgehead atoms. The van der Waals surface area contributed by atoms with Crippen molar-refractivity contribution in [2.75, 3.05) is 11.6 Å². The maximum Gasteiger partial charge on any atom is 0.139 e. The van der Waals surface area contributed by atoms with Crippen LogP contribution in [0, 0.1) is 0 Å². The highest BCUT2D eigenvalue weighted by Gasteiger charge is 2.27. The fourth-order valence-corrected chi connectivity index (χ4v) is 6.79. The molecule has 0 saturated carbocycles. The molecule has 5 heteroatoms. The molecule has 0 amide bonds. The third-order valence-corrected chi connectivity index (χ3v) is 8.72. The molecular weight excluding hydrogens is 540 g/mol. The van der Waals surface area contributed by atoms with E-state index >= 15 is 0 Å². The summed E-state index contributed by atoms with van der Waals surface area (Å²) in [4.78, 5) is 12.1. The monoisotopic (exact) mass is 566 g/mol. The van der Waals surface area contributed by atoms with Crippen LogP contribution in [-0.2, 0) is 0 Å². The van der Waals surface area contributed by atoms with Crippen molar-refractivity contribution in [3.8, 4) is 28.1 Å². The Labute approximate surface area is 253 Å². The first-order valence-electron chi connectivity index (χ1n) is 14.7. The van der Waals surface area contributed by atoms with E-state index in [1.54, 1.807) is 0 Å². The standard InChI is InChI=1S/C39H26N4O/c1-40-38-30-15-6-9-19-34(30)44-35-20-10-16-31(37(35)38)41-24-42-32-17-7-4-13-28(32)29-14-5-8-18-33(29)43-36(42)23-26-22-21-25-11-2-3-12-27(25)39(26)43/h2-23H,1,24H2/b41-31-. The number of aromatic nitrogens is 1. The van der Waals surface area contributed by atoms with E-state index in [1.807, 2.05) is 42.5 Å². The largest absolute Gasteiger partial charge is 0.456 e. The topological polar surface area (TPSA) is 46.0 Å². The van der Waals surface area contributed by atoms with Crippen molar-refractivity contribution in [3.63, 3.8) is 0 Å². The zero-order chi connectivity index (χ0) is 29.2. The SMILES string of the molecule is C=Nc1c2/c(=N\CN3c4ccccc4-c4ccccc4-n4c3cc3ccc5ccccc5c34)cccc-2oc2ccccc12. The predicted molar refractivity (Wildman–Crippen MR) is 181 cm³/mol. The third kappa shape index (κ3) is 3.53. The second-order valence-corrected chi connectivity index (χ2v) is 11.1. The van der Waals surface area contributed by atoms with Crippen molar-refractivity contribution in [1.29, 1.82) is 0 Å². The van der Waals surface area contributed by atoms with Gasteiger partial charge in [0.2, 0.25) is 0 Å². The number of nitrogens with zero attached hydrogens (tertiary/aromatic N) is 4. The number of aliphatic imine (C=N–C) groups is 1. The Kier molecular flexibility index (Phi) is 5.34. The van der Waals surface area contributed by atoms with Crippen LogP contribution in [0.3, 0.4) is 0 Å². The van der Waals surface area contributed by atoms with Crippen molar-refractivity contribution in [1.82, 2.24) is 4.57 Å². The molecule has 208 valence electrons. The quantitative estimate of drug-likeness (QED) is 0.158. The number of rotatable bonds is 3. The van der Waals surface area contributed by atoms with Gasteiger partial charge in [-0.1, -0.05) is 91.0 Å². The van der Waals surface area contributed by atoms with Gasteiger partial charge in [0.25, 0.3) is 0 Å².